The predicted octanol–water partition coefficient (Wildman–Crippen LogP) is 4.34. The zero-order valence-corrected chi connectivity index (χ0v) is 13.2. The van der Waals surface area contributed by atoms with Crippen molar-refractivity contribution < 1.29 is 18.0 Å². The Labute approximate surface area is 141 Å². The second kappa shape index (κ2) is 6.32. The van der Waals surface area contributed by atoms with Crippen LogP contribution >= 0.6 is 11.6 Å². The molecule has 0 unspecified atom stereocenters. The molecule has 4 nitrogen and oxygen atoms in total. The minimum Gasteiger partial charge on any atom is -0.320 e. The number of benzene rings is 1. The second-order valence-corrected chi connectivity index (χ2v) is 5.85. The summed E-state index contributed by atoms with van der Waals surface area (Å²) in [6.07, 6.45) is -0.507. The number of halogens is 4. The summed E-state index contributed by atoms with van der Waals surface area (Å²) in [6.45, 7) is 0.858. The number of alkyl halides is 3. The van der Waals surface area contributed by atoms with E-state index in [1.807, 2.05) is 6.07 Å². The molecule has 0 saturated carbocycles. The van der Waals surface area contributed by atoms with E-state index in [2.05, 4.69) is 10.3 Å². The first-order chi connectivity index (χ1) is 11.3. The van der Waals surface area contributed by atoms with Gasteiger partial charge in [0.05, 0.1) is 10.6 Å². The highest BCUT2D eigenvalue weighted by Gasteiger charge is 2.33. The summed E-state index contributed by atoms with van der Waals surface area (Å²) in [7, 11) is 0. The van der Waals surface area contributed by atoms with Gasteiger partial charge in [0.15, 0.2) is 0 Å². The second-order valence-electron chi connectivity index (χ2n) is 5.44. The van der Waals surface area contributed by atoms with Gasteiger partial charge in [0.1, 0.15) is 0 Å². The summed E-state index contributed by atoms with van der Waals surface area (Å²) in [5, 5.41) is 2.09. The molecule has 2 heterocycles. The highest BCUT2D eigenvalue weighted by atomic mass is 35.5. The maximum atomic E-state index is 12.9. The van der Waals surface area contributed by atoms with Crippen LogP contribution in [0.15, 0.2) is 36.7 Å². The highest BCUT2D eigenvalue weighted by Crippen LogP contribution is 2.36. The van der Waals surface area contributed by atoms with Gasteiger partial charge in [0.2, 0.25) is 0 Å². The molecule has 3 rings (SSSR count). The van der Waals surface area contributed by atoms with E-state index in [0.29, 0.717) is 19.5 Å². The van der Waals surface area contributed by atoms with Gasteiger partial charge in [-0.2, -0.15) is 13.2 Å². The highest BCUT2D eigenvalue weighted by molar-refractivity contribution is 6.31. The van der Waals surface area contributed by atoms with Gasteiger partial charge in [-0.05, 0) is 41.8 Å². The van der Waals surface area contributed by atoms with Crippen LogP contribution in [0.5, 0.6) is 0 Å². The maximum Gasteiger partial charge on any atom is 0.417 e. The van der Waals surface area contributed by atoms with Crippen LogP contribution in [-0.2, 0) is 19.1 Å². The van der Waals surface area contributed by atoms with Gasteiger partial charge in [-0.25, -0.2) is 4.79 Å². The molecule has 2 aromatic rings. The summed E-state index contributed by atoms with van der Waals surface area (Å²) in [5.74, 6) is 0. The van der Waals surface area contributed by atoms with Crippen LogP contribution in [0.4, 0.5) is 23.7 Å². The Hall–Kier alpha value is -2.28. The number of anilines is 1. The van der Waals surface area contributed by atoms with Crippen molar-refractivity contribution in [1.29, 1.82) is 0 Å². The number of aromatic nitrogens is 1. The number of carbonyl (C=O) groups is 1. The minimum absolute atomic E-state index is 0.0497. The standard InChI is InChI=1S/C16H13ClF3N3O/c17-14-2-1-12(7-13(14)16(18,19)20)22-15(24)23-6-4-10-3-5-21-8-11(10)9-23/h1-3,5,7-8H,4,6,9H2,(H,22,24). The average molecular weight is 356 g/mol. The van der Waals surface area contributed by atoms with Gasteiger partial charge in [0.25, 0.3) is 0 Å². The Kier molecular flexibility index (Phi) is 4.36. The third kappa shape index (κ3) is 3.46. The largest absolute Gasteiger partial charge is 0.417 e. The number of nitrogens with zero attached hydrogens (tertiary/aromatic N) is 2. The molecule has 2 amide bonds. The predicted molar refractivity (Wildman–Crippen MR) is 83.8 cm³/mol. The Balaban J connectivity index is 1.74. The van der Waals surface area contributed by atoms with E-state index in [9.17, 15) is 18.0 Å². The van der Waals surface area contributed by atoms with Gasteiger partial charge in [-0.3, -0.25) is 4.98 Å². The normalized spacial score (nSPS) is 14.2. The van der Waals surface area contributed by atoms with E-state index in [-0.39, 0.29) is 5.69 Å². The molecule has 0 aliphatic carbocycles. The fourth-order valence-corrected chi connectivity index (χ4v) is 2.80. The average Bonchev–Trinajstić information content (AvgIpc) is 2.55. The summed E-state index contributed by atoms with van der Waals surface area (Å²) in [5.41, 5.74) is 1.13. The smallest absolute Gasteiger partial charge is 0.320 e. The van der Waals surface area contributed by atoms with E-state index < -0.39 is 22.8 Å². The molecule has 1 aliphatic heterocycles. The number of hydrogen-bond acceptors (Lipinski definition) is 2. The van der Waals surface area contributed by atoms with Crippen molar-refractivity contribution >= 4 is 23.3 Å². The number of fused-ring (bicyclic) bond motifs is 1. The van der Waals surface area contributed by atoms with E-state index in [1.54, 1.807) is 12.4 Å². The number of urea groups is 1. The zero-order valence-electron chi connectivity index (χ0n) is 12.4. The van der Waals surface area contributed by atoms with Crippen molar-refractivity contribution in [2.24, 2.45) is 0 Å². The van der Waals surface area contributed by atoms with Crippen molar-refractivity contribution in [3.8, 4) is 0 Å². The first-order valence-electron chi connectivity index (χ1n) is 7.19. The molecule has 0 radical (unpaired) electrons. The Morgan fingerprint density at radius 3 is 2.79 bits per heavy atom. The van der Waals surface area contributed by atoms with Crippen molar-refractivity contribution in [1.82, 2.24) is 9.88 Å². The molecular weight excluding hydrogens is 343 g/mol. The van der Waals surface area contributed by atoms with Crippen molar-refractivity contribution in [2.45, 2.75) is 19.1 Å². The molecule has 24 heavy (non-hydrogen) atoms. The summed E-state index contributed by atoms with van der Waals surface area (Å²) in [6, 6.07) is 4.74. The molecule has 0 spiro atoms. The SMILES string of the molecule is O=C(Nc1ccc(Cl)c(C(F)(F)F)c1)N1CCc2ccncc2C1. The van der Waals surface area contributed by atoms with Crippen LogP contribution in [0.2, 0.25) is 5.02 Å². The number of pyridine rings is 1. The Morgan fingerprint density at radius 1 is 1.25 bits per heavy atom. The van der Waals surface area contributed by atoms with Gasteiger partial charge in [-0.1, -0.05) is 11.6 Å². The fraction of sp³-hybridized carbons (Fsp3) is 0.250. The lowest BCUT2D eigenvalue weighted by Gasteiger charge is -2.28. The molecule has 126 valence electrons. The Morgan fingerprint density at radius 2 is 2.04 bits per heavy atom. The van der Waals surface area contributed by atoms with Crippen LogP contribution < -0.4 is 5.32 Å². The van der Waals surface area contributed by atoms with E-state index in [0.717, 1.165) is 23.3 Å². The quantitative estimate of drug-likeness (QED) is 0.827. The number of nitrogens with one attached hydrogen (secondary N) is 1. The lowest BCUT2D eigenvalue weighted by atomic mass is 10.0. The van der Waals surface area contributed by atoms with Crippen LogP contribution in [-0.4, -0.2) is 22.5 Å². The maximum absolute atomic E-state index is 12.9. The molecule has 1 aliphatic rings. The molecule has 0 atom stereocenters. The monoisotopic (exact) mass is 355 g/mol. The summed E-state index contributed by atoms with van der Waals surface area (Å²) in [4.78, 5) is 17.9. The minimum atomic E-state index is -4.58. The molecule has 8 heteroatoms. The van der Waals surface area contributed by atoms with Crippen molar-refractivity contribution in [2.75, 3.05) is 11.9 Å². The van der Waals surface area contributed by atoms with Gasteiger partial charge in [-0.15, -0.1) is 0 Å². The molecule has 1 aromatic carbocycles. The molecular formula is C16H13ClF3N3O. The van der Waals surface area contributed by atoms with Crippen LogP contribution in [0, 0.1) is 0 Å². The topological polar surface area (TPSA) is 45.2 Å². The van der Waals surface area contributed by atoms with Crippen LogP contribution in [0.3, 0.4) is 0 Å². The molecule has 0 saturated heterocycles. The lowest BCUT2D eigenvalue weighted by molar-refractivity contribution is -0.137. The van der Waals surface area contributed by atoms with Crippen LogP contribution in [0.25, 0.3) is 0 Å². The number of hydrogen-bond donors (Lipinski definition) is 1. The number of amides is 2. The van der Waals surface area contributed by atoms with Crippen LogP contribution in [0.1, 0.15) is 16.7 Å². The third-order valence-electron chi connectivity index (χ3n) is 3.83. The molecule has 0 bridgehead atoms. The summed E-state index contributed by atoms with van der Waals surface area (Å²) < 4.78 is 38.6. The first kappa shape index (κ1) is 16.6. The van der Waals surface area contributed by atoms with Gasteiger partial charge >= 0.3 is 12.2 Å². The number of carbonyl (C=O) groups excluding carboxylic acids is 1. The third-order valence-corrected chi connectivity index (χ3v) is 4.16. The lowest BCUT2D eigenvalue weighted by Crippen LogP contribution is -2.38. The van der Waals surface area contributed by atoms with Gasteiger partial charge in [0, 0.05) is 31.2 Å². The van der Waals surface area contributed by atoms with E-state index in [1.165, 1.54) is 11.0 Å². The first-order valence-corrected chi connectivity index (χ1v) is 7.57. The zero-order chi connectivity index (χ0) is 17.3. The Bertz CT molecular complexity index is 779. The fourth-order valence-electron chi connectivity index (χ4n) is 2.58. The molecule has 1 aromatic heterocycles. The molecule has 0 fully saturated rings. The van der Waals surface area contributed by atoms with Crippen molar-refractivity contribution in [3.05, 3.63) is 58.4 Å². The van der Waals surface area contributed by atoms with E-state index >= 15 is 0 Å². The molecule has 1 N–H and O–H groups in total. The van der Waals surface area contributed by atoms with Gasteiger partial charge < -0.3 is 10.2 Å². The van der Waals surface area contributed by atoms with Crippen molar-refractivity contribution in [3.63, 3.8) is 0 Å². The number of rotatable bonds is 1. The summed E-state index contributed by atoms with van der Waals surface area (Å²) >= 11 is 5.57. The van der Waals surface area contributed by atoms with E-state index in [4.69, 9.17) is 11.6 Å².